The van der Waals surface area contributed by atoms with Crippen LogP contribution < -0.4 is 5.32 Å². The highest BCUT2D eigenvalue weighted by molar-refractivity contribution is 5.45. The highest BCUT2D eigenvalue weighted by Crippen LogP contribution is 2.20. The second-order valence-electron chi connectivity index (χ2n) is 5.59. The molecule has 0 heterocycles. The molecule has 20 heavy (non-hydrogen) atoms. The van der Waals surface area contributed by atoms with Crippen molar-refractivity contribution >= 4 is 5.69 Å². The van der Waals surface area contributed by atoms with Gasteiger partial charge in [-0.2, -0.15) is 0 Å². The van der Waals surface area contributed by atoms with Gasteiger partial charge in [-0.05, 0) is 37.5 Å². The fourth-order valence-electron chi connectivity index (χ4n) is 2.48. The van der Waals surface area contributed by atoms with Crippen LogP contribution in [-0.2, 0) is 4.74 Å². The summed E-state index contributed by atoms with van der Waals surface area (Å²) in [6, 6.07) is 4.99. The van der Waals surface area contributed by atoms with Crippen LogP contribution in [0.3, 0.4) is 0 Å². The van der Waals surface area contributed by atoms with Crippen LogP contribution in [-0.4, -0.2) is 30.5 Å². The number of aliphatic hydroxyl groups is 1. The van der Waals surface area contributed by atoms with Crippen molar-refractivity contribution in [2.75, 3.05) is 18.5 Å². The summed E-state index contributed by atoms with van der Waals surface area (Å²) in [5, 5.41) is 12.9. The van der Waals surface area contributed by atoms with Crippen molar-refractivity contribution in [1.82, 2.24) is 0 Å². The van der Waals surface area contributed by atoms with Crippen molar-refractivity contribution in [1.29, 1.82) is 0 Å². The molecule has 1 aliphatic rings. The maximum absolute atomic E-state index is 13.4. The van der Waals surface area contributed by atoms with Gasteiger partial charge in [-0.25, -0.2) is 4.39 Å². The Morgan fingerprint density at radius 3 is 2.80 bits per heavy atom. The minimum absolute atomic E-state index is 0.233. The number of hydrogen-bond acceptors (Lipinski definition) is 3. The molecule has 0 spiro atoms. The van der Waals surface area contributed by atoms with E-state index in [0.29, 0.717) is 30.5 Å². The van der Waals surface area contributed by atoms with Crippen molar-refractivity contribution in [3.63, 3.8) is 0 Å². The zero-order valence-electron chi connectivity index (χ0n) is 12.1. The Labute approximate surface area is 120 Å². The highest BCUT2D eigenvalue weighted by Gasteiger charge is 2.15. The van der Waals surface area contributed by atoms with E-state index < -0.39 is 6.10 Å². The van der Waals surface area contributed by atoms with Gasteiger partial charge in [0.2, 0.25) is 0 Å². The molecule has 1 saturated carbocycles. The quantitative estimate of drug-likeness (QED) is 0.841. The Morgan fingerprint density at radius 1 is 1.35 bits per heavy atom. The van der Waals surface area contributed by atoms with E-state index in [9.17, 15) is 9.50 Å². The lowest BCUT2D eigenvalue weighted by Crippen LogP contribution is -2.28. The smallest absolute Gasteiger partial charge is 0.128 e. The van der Waals surface area contributed by atoms with Crippen LogP contribution in [0.15, 0.2) is 18.2 Å². The average Bonchev–Trinajstić information content (AvgIpc) is 2.47. The average molecular weight is 281 g/mol. The maximum atomic E-state index is 13.4. The van der Waals surface area contributed by atoms with E-state index in [2.05, 4.69) is 5.32 Å². The van der Waals surface area contributed by atoms with E-state index in [4.69, 9.17) is 4.74 Å². The number of ether oxygens (including phenoxy) is 1. The number of aliphatic hydroxyl groups excluding tert-OH is 1. The summed E-state index contributed by atoms with van der Waals surface area (Å²) in [6.07, 6.45) is 5.68. The molecule has 0 aromatic heterocycles. The molecule has 4 heteroatoms. The Hall–Kier alpha value is -1.13. The van der Waals surface area contributed by atoms with Gasteiger partial charge in [-0.15, -0.1) is 0 Å². The number of nitrogens with one attached hydrogen (secondary N) is 1. The van der Waals surface area contributed by atoms with Crippen LogP contribution in [0.4, 0.5) is 10.1 Å². The molecule has 1 aromatic carbocycles. The Bertz CT molecular complexity index is 419. The van der Waals surface area contributed by atoms with Crippen molar-refractivity contribution in [2.45, 2.75) is 51.2 Å². The monoisotopic (exact) mass is 281 g/mol. The van der Waals surface area contributed by atoms with Crippen LogP contribution >= 0.6 is 0 Å². The van der Waals surface area contributed by atoms with Gasteiger partial charge in [0.25, 0.3) is 0 Å². The van der Waals surface area contributed by atoms with Gasteiger partial charge < -0.3 is 15.2 Å². The molecule has 0 amide bonds. The summed E-state index contributed by atoms with van der Waals surface area (Å²) in [4.78, 5) is 0. The normalized spacial score (nSPS) is 17.9. The van der Waals surface area contributed by atoms with Crippen molar-refractivity contribution < 1.29 is 14.2 Å². The molecule has 1 aliphatic carbocycles. The summed E-state index contributed by atoms with van der Waals surface area (Å²) >= 11 is 0. The molecule has 112 valence electrons. The summed E-state index contributed by atoms with van der Waals surface area (Å²) in [5.74, 6) is -0.233. The molecule has 1 atom stereocenters. The lowest BCUT2D eigenvalue weighted by Gasteiger charge is -2.23. The first kappa shape index (κ1) is 15.3. The molecule has 1 aromatic rings. The molecule has 2 N–H and O–H groups in total. The first-order chi connectivity index (χ1) is 9.65. The van der Waals surface area contributed by atoms with Crippen molar-refractivity contribution in [3.05, 3.63) is 29.6 Å². The van der Waals surface area contributed by atoms with Gasteiger partial charge in [-0.1, -0.05) is 25.3 Å². The van der Waals surface area contributed by atoms with E-state index in [0.717, 1.165) is 12.8 Å². The molecule has 0 aliphatic heterocycles. The lowest BCUT2D eigenvalue weighted by atomic mass is 9.98. The summed E-state index contributed by atoms with van der Waals surface area (Å²) < 4.78 is 19.1. The zero-order chi connectivity index (χ0) is 14.4. The molecule has 3 nitrogen and oxygen atoms in total. The van der Waals surface area contributed by atoms with Gasteiger partial charge in [-0.3, -0.25) is 0 Å². The minimum atomic E-state index is -0.568. The first-order valence-electron chi connectivity index (χ1n) is 7.45. The van der Waals surface area contributed by atoms with E-state index in [1.807, 2.05) is 6.07 Å². The van der Waals surface area contributed by atoms with Crippen molar-refractivity contribution in [2.24, 2.45) is 0 Å². The van der Waals surface area contributed by atoms with E-state index in [1.54, 1.807) is 13.0 Å². The number of benzene rings is 1. The third-order valence-electron chi connectivity index (χ3n) is 3.79. The van der Waals surface area contributed by atoms with Gasteiger partial charge in [0.05, 0.1) is 18.8 Å². The summed E-state index contributed by atoms with van der Waals surface area (Å²) in [7, 11) is 0. The number of halogens is 1. The molecule has 0 saturated heterocycles. The van der Waals surface area contributed by atoms with Gasteiger partial charge in [0.1, 0.15) is 5.82 Å². The predicted octanol–water partition coefficient (Wildman–Crippen LogP) is 3.26. The SMILES string of the molecule is Cc1ccc(NCC(O)COC2CCCCC2)cc1F. The second-order valence-corrected chi connectivity index (χ2v) is 5.59. The zero-order valence-corrected chi connectivity index (χ0v) is 12.1. The number of aryl methyl sites for hydroxylation is 1. The van der Waals surface area contributed by atoms with Crippen LogP contribution in [0, 0.1) is 12.7 Å². The van der Waals surface area contributed by atoms with E-state index in [-0.39, 0.29) is 5.82 Å². The molecule has 1 unspecified atom stereocenters. The van der Waals surface area contributed by atoms with Crippen molar-refractivity contribution in [3.8, 4) is 0 Å². The largest absolute Gasteiger partial charge is 0.389 e. The van der Waals surface area contributed by atoms with E-state index >= 15 is 0 Å². The van der Waals surface area contributed by atoms with Gasteiger partial charge >= 0.3 is 0 Å². The predicted molar refractivity (Wildman–Crippen MR) is 78.5 cm³/mol. The number of anilines is 1. The summed E-state index contributed by atoms with van der Waals surface area (Å²) in [5.41, 5.74) is 1.31. The number of rotatable bonds is 6. The standard InChI is InChI=1S/C16H24FNO2/c1-12-7-8-13(9-16(12)17)18-10-14(19)11-20-15-5-3-2-4-6-15/h7-9,14-15,18-19H,2-6,10-11H2,1H3. The second kappa shape index (κ2) is 7.60. The fourth-order valence-corrected chi connectivity index (χ4v) is 2.48. The molecular formula is C16H24FNO2. The van der Waals surface area contributed by atoms with Crippen LogP contribution in [0.5, 0.6) is 0 Å². The topological polar surface area (TPSA) is 41.5 Å². The first-order valence-corrected chi connectivity index (χ1v) is 7.45. The van der Waals surface area contributed by atoms with E-state index in [1.165, 1.54) is 25.3 Å². The number of hydrogen-bond donors (Lipinski definition) is 2. The van der Waals surface area contributed by atoms with Gasteiger partial charge in [0, 0.05) is 12.2 Å². The molecule has 1 fully saturated rings. The third kappa shape index (κ3) is 4.76. The highest BCUT2D eigenvalue weighted by atomic mass is 19.1. The van der Waals surface area contributed by atoms with Gasteiger partial charge in [0.15, 0.2) is 0 Å². The Balaban J connectivity index is 1.68. The molecule has 0 bridgehead atoms. The molecular weight excluding hydrogens is 257 g/mol. The summed E-state index contributed by atoms with van der Waals surface area (Å²) in [6.45, 7) is 2.44. The molecule has 0 radical (unpaired) electrons. The fraction of sp³-hybridized carbons (Fsp3) is 0.625. The Morgan fingerprint density at radius 2 is 2.10 bits per heavy atom. The third-order valence-corrected chi connectivity index (χ3v) is 3.79. The van der Waals surface area contributed by atoms with Crippen LogP contribution in [0.1, 0.15) is 37.7 Å². The maximum Gasteiger partial charge on any atom is 0.128 e. The Kier molecular flexibility index (Phi) is 5.80. The lowest BCUT2D eigenvalue weighted by molar-refractivity contribution is -0.0195. The van der Waals surface area contributed by atoms with Crippen LogP contribution in [0.25, 0.3) is 0 Å². The van der Waals surface area contributed by atoms with Crippen LogP contribution in [0.2, 0.25) is 0 Å². The minimum Gasteiger partial charge on any atom is -0.389 e. The molecule has 2 rings (SSSR count).